The largest absolute Gasteiger partial charge is 0.445 e. The van der Waals surface area contributed by atoms with Crippen LogP contribution in [0.3, 0.4) is 0 Å². The van der Waals surface area contributed by atoms with E-state index in [1.54, 1.807) is 14.1 Å². The van der Waals surface area contributed by atoms with E-state index in [9.17, 15) is 9.59 Å². The molecular weight excluding hydrogens is 256 g/mol. The SMILES string of the molecule is CC(C)[C@H](NC(=O)OCc1ccccc1)C(=O)N(C)C. The smallest absolute Gasteiger partial charge is 0.408 e. The van der Waals surface area contributed by atoms with Gasteiger partial charge in [0, 0.05) is 14.1 Å². The summed E-state index contributed by atoms with van der Waals surface area (Å²) in [6.07, 6.45) is -0.581. The Morgan fingerprint density at radius 2 is 1.80 bits per heavy atom. The van der Waals surface area contributed by atoms with E-state index in [2.05, 4.69) is 5.32 Å². The quantitative estimate of drug-likeness (QED) is 0.896. The third-order valence-electron chi connectivity index (χ3n) is 2.86. The summed E-state index contributed by atoms with van der Waals surface area (Å²) < 4.78 is 5.12. The van der Waals surface area contributed by atoms with Crippen molar-refractivity contribution in [3.05, 3.63) is 35.9 Å². The predicted molar refractivity (Wildman–Crippen MR) is 77.1 cm³/mol. The molecule has 110 valence electrons. The van der Waals surface area contributed by atoms with Crippen LogP contribution >= 0.6 is 0 Å². The predicted octanol–water partition coefficient (Wildman–Crippen LogP) is 2.03. The third kappa shape index (κ3) is 4.91. The van der Waals surface area contributed by atoms with Crippen molar-refractivity contribution in [1.82, 2.24) is 10.2 Å². The summed E-state index contributed by atoms with van der Waals surface area (Å²) >= 11 is 0. The van der Waals surface area contributed by atoms with Crippen LogP contribution in [-0.4, -0.2) is 37.0 Å². The zero-order valence-electron chi connectivity index (χ0n) is 12.4. The maximum absolute atomic E-state index is 11.9. The number of alkyl carbamates (subject to hydrolysis) is 1. The Labute approximate surface area is 119 Å². The van der Waals surface area contributed by atoms with E-state index in [1.807, 2.05) is 44.2 Å². The van der Waals surface area contributed by atoms with Gasteiger partial charge in [-0.25, -0.2) is 4.79 Å². The van der Waals surface area contributed by atoms with Gasteiger partial charge in [0.15, 0.2) is 0 Å². The second-order valence-corrected chi connectivity index (χ2v) is 5.16. The molecule has 20 heavy (non-hydrogen) atoms. The summed E-state index contributed by atoms with van der Waals surface area (Å²) in [5.41, 5.74) is 0.905. The van der Waals surface area contributed by atoms with Crippen LogP contribution in [0.4, 0.5) is 4.79 Å². The molecule has 5 heteroatoms. The van der Waals surface area contributed by atoms with Crippen molar-refractivity contribution >= 4 is 12.0 Å². The van der Waals surface area contributed by atoms with Gasteiger partial charge >= 0.3 is 6.09 Å². The molecule has 0 unspecified atom stereocenters. The van der Waals surface area contributed by atoms with Crippen molar-refractivity contribution in [1.29, 1.82) is 0 Å². The van der Waals surface area contributed by atoms with Crippen LogP contribution in [-0.2, 0) is 16.1 Å². The molecule has 0 radical (unpaired) electrons. The van der Waals surface area contributed by atoms with Crippen LogP contribution in [0.2, 0.25) is 0 Å². The molecular formula is C15H22N2O3. The Balaban J connectivity index is 2.52. The van der Waals surface area contributed by atoms with Gasteiger partial charge in [0.2, 0.25) is 5.91 Å². The van der Waals surface area contributed by atoms with E-state index in [0.717, 1.165) is 5.56 Å². The molecule has 0 saturated carbocycles. The Morgan fingerprint density at radius 3 is 2.30 bits per heavy atom. The summed E-state index contributed by atoms with van der Waals surface area (Å²) in [5.74, 6) is -0.147. The molecule has 0 aromatic heterocycles. The highest BCUT2D eigenvalue weighted by Gasteiger charge is 2.25. The summed E-state index contributed by atoms with van der Waals surface area (Å²) in [5, 5.41) is 2.62. The number of amides is 2. The van der Waals surface area contributed by atoms with Crippen LogP contribution in [0.5, 0.6) is 0 Å². The average Bonchev–Trinajstić information content (AvgIpc) is 2.42. The van der Waals surface area contributed by atoms with Crippen LogP contribution in [0.15, 0.2) is 30.3 Å². The number of hydrogen-bond acceptors (Lipinski definition) is 3. The highest BCUT2D eigenvalue weighted by atomic mass is 16.5. The Morgan fingerprint density at radius 1 is 1.20 bits per heavy atom. The van der Waals surface area contributed by atoms with E-state index in [1.165, 1.54) is 4.90 Å². The first kappa shape index (κ1) is 16.0. The third-order valence-corrected chi connectivity index (χ3v) is 2.86. The normalized spacial score (nSPS) is 11.8. The fraction of sp³-hybridized carbons (Fsp3) is 0.467. The van der Waals surface area contributed by atoms with E-state index in [4.69, 9.17) is 4.74 Å². The number of benzene rings is 1. The fourth-order valence-corrected chi connectivity index (χ4v) is 1.68. The monoisotopic (exact) mass is 278 g/mol. The Kier molecular flexibility index (Phi) is 6.03. The molecule has 0 bridgehead atoms. The standard InChI is InChI=1S/C15H22N2O3/c1-11(2)13(14(18)17(3)4)16-15(19)20-10-12-8-6-5-7-9-12/h5-9,11,13H,10H2,1-4H3,(H,16,19)/t13-/m0/s1. The summed E-state index contributed by atoms with van der Waals surface area (Å²) in [7, 11) is 3.32. The van der Waals surface area contributed by atoms with Crippen molar-refractivity contribution in [2.45, 2.75) is 26.5 Å². The van der Waals surface area contributed by atoms with Gasteiger partial charge in [-0.15, -0.1) is 0 Å². The summed E-state index contributed by atoms with van der Waals surface area (Å²) in [6, 6.07) is 8.82. The minimum atomic E-state index is -0.581. The van der Waals surface area contributed by atoms with Crippen molar-refractivity contribution in [3.63, 3.8) is 0 Å². The molecule has 1 atom stereocenters. The molecule has 0 aliphatic heterocycles. The summed E-state index contributed by atoms with van der Waals surface area (Å²) in [4.78, 5) is 25.2. The van der Waals surface area contributed by atoms with Crippen LogP contribution in [0.1, 0.15) is 19.4 Å². The van der Waals surface area contributed by atoms with Gasteiger partial charge < -0.3 is 15.0 Å². The minimum Gasteiger partial charge on any atom is -0.445 e. The van der Waals surface area contributed by atoms with Gasteiger partial charge in [0.05, 0.1) is 0 Å². The van der Waals surface area contributed by atoms with Gasteiger partial charge in [-0.3, -0.25) is 4.79 Å². The highest BCUT2D eigenvalue weighted by Crippen LogP contribution is 2.06. The minimum absolute atomic E-state index is 0.00539. The summed E-state index contributed by atoms with van der Waals surface area (Å²) in [6.45, 7) is 3.95. The number of rotatable bonds is 5. The lowest BCUT2D eigenvalue weighted by atomic mass is 10.0. The molecule has 1 rings (SSSR count). The molecule has 0 fully saturated rings. The van der Waals surface area contributed by atoms with Crippen LogP contribution in [0, 0.1) is 5.92 Å². The van der Waals surface area contributed by atoms with E-state index in [-0.39, 0.29) is 18.4 Å². The topological polar surface area (TPSA) is 58.6 Å². The maximum Gasteiger partial charge on any atom is 0.408 e. The first-order chi connectivity index (χ1) is 9.41. The van der Waals surface area contributed by atoms with E-state index < -0.39 is 12.1 Å². The average molecular weight is 278 g/mol. The lowest BCUT2D eigenvalue weighted by Gasteiger charge is -2.24. The van der Waals surface area contributed by atoms with Gasteiger partial charge in [0.25, 0.3) is 0 Å². The lowest BCUT2D eigenvalue weighted by molar-refractivity contribution is -0.131. The van der Waals surface area contributed by atoms with Crippen LogP contribution in [0.25, 0.3) is 0 Å². The molecule has 1 aromatic rings. The zero-order chi connectivity index (χ0) is 15.1. The second kappa shape index (κ2) is 7.53. The molecule has 0 aliphatic rings. The van der Waals surface area contributed by atoms with Crippen molar-refractivity contribution < 1.29 is 14.3 Å². The number of ether oxygens (including phenoxy) is 1. The maximum atomic E-state index is 11.9. The van der Waals surface area contributed by atoms with Gasteiger partial charge in [-0.05, 0) is 11.5 Å². The van der Waals surface area contributed by atoms with Crippen molar-refractivity contribution in [2.24, 2.45) is 5.92 Å². The molecule has 5 nitrogen and oxygen atoms in total. The first-order valence-corrected chi connectivity index (χ1v) is 6.60. The number of nitrogens with one attached hydrogen (secondary N) is 1. The fourth-order valence-electron chi connectivity index (χ4n) is 1.68. The number of likely N-dealkylation sites (N-methyl/N-ethyl adjacent to an activating group) is 1. The molecule has 1 N–H and O–H groups in total. The first-order valence-electron chi connectivity index (χ1n) is 6.60. The molecule has 0 saturated heterocycles. The lowest BCUT2D eigenvalue weighted by Crippen LogP contribution is -2.49. The highest BCUT2D eigenvalue weighted by molar-refractivity contribution is 5.85. The van der Waals surface area contributed by atoms with E-state index in [0.29, 0.717) is 0 Å². The van der Waals surface area contributed by atoms with Gasteiger partial charge in [-0.2, -0.15) is 0 Å². The molecule has 0 spiro atoms. The Bertz CT molecular complexity index is 444. The molecule has 1 aromatic carbocycles. The Hall–Kier alpha value is -2.04. The van der Waals surface area contributed by atoms with Crippen LogP contribution < -0.4 is 5.32 Å². The van der Waals surface area contributed by atoms with Gasteiger partial charge in [0.1, 0.15) is 12.6 Å². The van der Waals surface area contributed by atoms with Gasteiger partial charge in [-0.1, -0.05) is 44.2 Å². The molecule has 0 heterocycles. The number of carbonyl (C=O) groups is 2. The number of nitrogens with zero attached hydrogens (tertiary/aromatic N) is 1. The second-order valence-electron chi connectivity index (χ2n) is 5.16. The number of carbonyl (C=O) groups excluding carboxylic acids is 2. The zero-order valence-corrected chi connectivity index (χ0v) is 12.4. The van der Waals surface area contributed by atoms with Crippen molar-refractivity contribution in [2.75, 3.05) is 14.1 Å². The van der Waals surface area contributed by atoms with E-state index >= 15 is 0 Å². The number of hydrogen-bond donors (Lipinski definition) is 1. The molecule has 0 aliphatic carbocycles. The van der Waals surface area contributed by atoms with Crippen molar-refractivity contribution in [3.8, 4) is 0 Å². The molecule has 2 amide bonds.